The number of ether oxygens (including phenoxy) is 1. The average Bonchev–Trinajstić information content (AvgIpc) is 2.59. The van der Waals surface area contributed by atoms with Crippen molar-refractivity contribution in [1.82, 2.24) is 0 Å². The minimum absolute atomic E-state index is 0.345. The number of benzene rings is 1. The van der Waals surface area contributed by atoms with Gasteiger partial charge in [0, 0.05) is 0 Å². The molecule has 0 aliphatic rings. The van der Waals surface area contributed by atoms with Gasteiger partial charge in [-0.25, -0.2) is 0 Å². The molecule has 1 rings (SSSR count). The van der Waals surface area contributed by atoms with Crippen LogP contribution in [0.4, 0.5) is 0 Å². The lowest BCUT2D eigenvalue weighted by molar-refractivity contribution is -0.563. The lowest BCUT2D eigenvalue weighted by Crippen LogP contribution is -2.26. The zero-order chi connectivity index (χ0) is 18.3. The van der Waals surface area contributed by atoms with Crippen LogP contribution in [0, 0.1) is 10.1 Å². The van der Waals surface area contributed by atoms with E-state index < -0.39 is 14.5 Å². The fourth-order valence-electron chi connectivity index (χ4n) is 2.50. The minimum atomic E-state index is -2.78. The van der Waals surface area contributed by atoms with Crippen LogP contribution in [0.2, 0.25) is 0 Å². The van der Waals surface area contributed by atoms with Gasteiger partial charge in [-0.3, -0.25) is 14.7 Å². The summed E-state index contributed by atoms with van der Waals surface area (Å²) in [6, 6.07) is 8.88. The second-order valence-electron chi connectivity index (χ2n) is 5.90. The molecule has 0 heterocycles. The first-order chi connectivity index (χ1) is 12.1. The van der Waals surface area contributed by atoms with E-state index in [4.69, 9.17) is 9.63 Å². The van der Waals surface area contributed by atoms with Gasteiger partial charge in [-0.05, 0) is 25.0 Å². The van der Waals surface area contributed by atoms with Gasteiger partial charge in [0.05, 0.1) is 18.0 Å². The van der Waals surface area contributed by atoms with E-state index in [-0.39, 0.29) is 4.92 Å². The van der Waals surface area contributed by atoms with E-state index in [0.29, 0.717) is 18.8 Å². The molecule has 142 valence electrons. The van der Waals surface area contributed by atoms with Crippen LogP contribution in [0.1, 0.15) is 57.8 Å². The van der Waals surface area contributed by atoms with Crippen molar-refractivity contribution in [2.75, 3.05) is 6.61 Å². The molecule has 0 amide bonds. The van der Waals surface area contributed by atoms with Crippen molar-refractivity contribution >= 4 is 8.25 Å². The summed E-state index contributed by atoms with van der Waals surface area (Å²) >= 11 is 0. The molecule has 0 saturated carbocycles. The molecule has 0 fully saturated rings. The first-order valence-corrected chi connectivity index (χ1v) is 10.1. The van der Waals surface area contributed by atoms with Crippen molar-refractivity contribution in [2.24, 2.45) is 0 Å². The van der Waals surface area contributed by atoms with Crippen LogP contribution in [0.5, 0.6) is 5.75 Å². The molecule has 0 spiro atoms. The Kier molecular flexibility index (Phi) is 11.9. The average molecular weight is 373 g/mol. The van der Waals surface area contributed by atoms with E-state index in [1.807, 2.05) is 6.07 Å². The van der Waals surface area contributed by atoms with E-state index in [2.05, 4.69) is 4.52 Å². The molecule has 1 N–H and O–H groups in total. The molecular formula is C17H28NO6P. The Bertz CT molecular complexity index is 499. The van der Waals surface area contributed by atoms with Gasteiger partial charge in [0.15, 0.2) is 0 Å². The molecule has 0 saturated heterocycles. The number of rotatable bonds is 15. The molecule has 1 aromatic carbocycles. The van der Waals surface area contributed by atoms with Crippen molar-refractivity contribution in [3.63, 3.8) is 0 Å². The van der Waals surface area contributed by atoms with Crippen molar-refractivity contribution < 1.29 is 23.6 Å². The van der Waals surface area contributed by atoms with Crippen LogP contribution in [-0.2, 0) is 9.09 Å². The molecule has 0 bridgehead atoms. The van der Waals surface area contributed by atoms with E-state index >= 15 is 0 Å². The highest BCUT2D eigenvalue weighted by molar-refractivity contribution is 7.32. The van der Waals surface area contributed by atoms with E-state index in [0.717, 1.165) is 51.4 Å². The summed E-state index contributed by atoms with van der Waals surface area (Å²) in [4.78, 5) is 19.2. The molecule has 0 aromatic heterocycles. The number of nitro groups is 1. The number of nitrogens with zero attached hydrogens (tertiary/aromatic N) is 1. The Hall–Kier alpha value is -1.43. The molecule has 0 aliphatic carbocycles. The first kappa shape index (κ1) is 21.6. The molecule has 2 atom stereocenters. The summed E-state index contributed by atoms with van der Waals surface area (Å²) in [5, 5.41) is 11.1. The summed E-state index contributed by atoms with van der Waals surface area (Å²) in [5.74, 6) is 0.527. The van der Waals surface area contributed by atoms with Gasteiger partial charge in [-0.15, -0.1) is 0 Å². The molecule has 0 aliphatic heterocycles. The van der Waals surface area contributed by atoms with Crippen LogP contribution in [0.25, 0.3) is 0 Å². The minimum Gasteiger partial charge on any atom is -0.430 e. The molecule has 2 unspecified atom stereocenters. The smallest absolute Gasteiger partial charge is 0.353 e. The Morgan fingerprint density at radius 3 is 2.12 bits per heavy atom. The fourth-order valence-corrected chi connectivity index (χ4v) is 2.82. The van der Waals surface area contributed by atoms with Crippen molar-refractivity contribution in [3.05, 3.63) is 40.4 Å². The van der Waals surface area contributed by atoms with Gasteiger partial charge in [0.2, 0.25) is 0 Å². The maximum Gasteiger partial charge on any atom is 0.353 e. The summed E-state index contributed by atoms with van der Waals surface area (Å²) in [6.07, 6.45) is 7.28. The van der Waals surface area contributed by atoms with Crippen molar-refractivity contribution in [2.45, 2.75) is 64.0 Å². The summed E-state index contributed by atoms with van der Waals surface area (Å²) in [7, 11) is -2.78. The first-order valence-electron chi connectivity index (χ1n) is 8.80. The Morgan fingerprint density at radius 1 is 1.00 bits per heavy atom. The highest BCUT2D eigenvalue weighted by Crippen LogP contribution is 2.17. The Morgan fingerprint density at radius 2 is 1.56 bits per heavy atom. The predicted molar refractivity (Wildman–Crippen MR) is 96.6 cm³/mol. The van der Waals surface area contributed by atoms with E-state index in [1.165, 1.54) is 0 Å². The molecule has 8 heteroatoms. The topological polar surface area (TPSA) is 98.9 Å². The molecule has 0 radical (unpaired) electrons. The third-order valence-corrected chi connectivity index (χ3v) is 4.27. The molecule has 7 nitrogen and oxygen atoms in total. The van der Waals surface area contributed by atoms with Crippen LogP contribution in [0.3, 0.4) is 0 Å². The number of hydrogen-bond acceptors (Lipinski definition) is 5. The zero-order valence-electron chi connectivity index (χ0n) is 14.5. The van der Waals surface area contributed by atoms with Crippen molar-refractivity contribution in [1.29, 1.82) is 0 Å². The largest absolute Gasteiger partial charge is 0.430 e. The number of hydrogen-bond donors (Lipinski definition) is 1. The molecule has 1 aromatic rings. The van der Waals surface area contributed by atoms with Crippen molar-refractivity contribution in [3.8, 4) is 5.75 Å². The van der Waals surface area contributed by atoms with Crippen LogP contribution >= 0.6 is 8.25 Å². The standard InChI is InChI=1S/C17H28NO6P/c19-18(20)17(24-16-12-8-7-9-13-16)14-10-5-3-1-2-4-6-11-15-23-25(21)22/h7-9,12-13,17,25H,1-6,10-11,14-15H2,(H,21,22). The predicted octanol–water partition coefficient (Wildman–Crippen LogP) is 4.58. The van der Waals surface area contributed by atoms with E-state index in [9.17, 15) is 14.7 Å². The van der Waals surface area contributed by atoms with Gasteiger partial charge in [0.25, 0.3) is 0 Å². The number of unbranched alkanes of at least 4 members (excludes halogenated alkanes) is 7. The molecular weight excluding hydrogens is 345 g/mol. The SMILES string of the molecule is O=[N+]([O-])C(CCCCCCCCCCO[PH](=O)O)Oc1ccccc1. The lowest BCUT2D eigenvalue weighted by Gasteiger charge is -2.11. The van der Waals surface area contributed by atoms with Gasteiger partial charge >= 0.3 is 14.5 Å². The summed E-state index contributed by atoms with van der Waals surface area (Å²) in [5.41, 5.74) is 0. The summed E-state index contributed by atoms with van der Waals surface area (Å²) < 4.78 is 20.4. The third kappa shape index (κ3) is 11.7. The Labute approximate surface area is 149 Å². The second-order valence-corrected chi connectivity index (χ2v) is 6.72. The van der Waals surface area contributed by atoms with Gasteiger partial charge < -0.3 is 14.2 Å². The van der Waals surface area contributed by atoms with Crippen LogP contribution in [-0.4, -0.2) is 22.7 Å². The number of para-hydroxylation sites is 1. The van der Waals surface area contributed by atoms with Crippen LogP contribution in [0.15, 0.2) is 30.3 Å². The maximum atomic E-state index is 11.1. The quantitative estimate of drug-likeness (QED) is 0.159. The van der Waals surface area contributed by atoms with Gasteiger partial charge in [0.1, 0.15) is 5.75 Å². The third-order valence-electron chi connectivity index (χ3n) is 3.82. The van der Waals surface area contributed by atoms with Crippen LogP contribution < -0.4 is 4.74 Å². The second kappa shape index (κ2) is 13.8. The monoisotopic (exact) mass is 373 g/mol. The highest BCUT2D eigenvalue weighted by Gasteiger charge is 2.20. The highest BCUT2D eigenvalue weighted by atomic mass is 31.1. The van der Waals surface area contributed by atoms with E-state index in [1.54, 1.807) is 24.3 Å². The maximum absolute atomic E-state index is 11.1. The fraction of sp³-hybridized carbons (Fsp3) is 0.647. The molecule has 25 heavy (non-hydrogen) atoms. The zero-order valence-corrected chi connectivity index (χ0v) is 15.5. The Balaban J connectivity index is 2.01. The summed E-state index contributed by atoms with van der Waals surface area (Å²) in [6.45, 7) is 0.345. The van der Waals surface area contributed by atoms with Gasteiger partial charge in [-0.2, -0.15) is 0 Å². The van der Waals surface area contributed by atoms with Gasteiger partial charge in [-0.1, -0.05) is 56.7 Å². The normalized spacial score (nSPS) is 13.3. The lowest BCUT2D eigenvalue weighted by atomic mass is 10.1.